The van der Waals surface area contributed by atoms with E-state index in [0.29, 0.717) is 0 Å². The lowest BCUT2D eigenvalue weighted by Crippen LogP contribution is -2.46. The number of aryl methyl sites for hydroxylation is 1. The van der Waals surface area contributed by atoms with Gasteiger partial charge in [0.05, 0.1) is 12.6 Å². The van der Waals surface area contributed by atoms with Crippen LogP contribution >= 0.6 is 11.3 Å². The Morgan fingerprint density at radius 1 is 1.35 bits per heavy atom. The quantitative estimate of drug-likeness (QED) is 0.750. The summed E-state index contributed by atoms with van der Waals surface area (Å²) < 4.78 is 0. The van der Waals surface area contributed by atoms with Crippen LogP contribution in [0.1, 0.15) is 23.6 Å². The van der Waals surface area contributed by atoms with E-state index in [2.05, 4.69) is 29.7 Å². The number of carbonyl (C=O) groups excluding carboxylic acids is 1. The molecule has 0 aliphatic heterocycles. The zero-order valence-corrected chi connectivity index (χ0v) is 11.3. The molecule has 1 aromatic heterocycles. The molecule has 0 aliphatic rings. The largest absolute Gasteiger partial charge is 0.394 e. The smallest absolute Gasteiger partial charge is 0.315 e. The molecular formula is C12H20N2O2S. The molecule has 5 heteroatoms. The summed E-state index contributed by atoms with van der Waals surface area (Å²) >= 11 is 1.75. The van der Waals surface area contributed by atoms with Gasteiger partial charge < -0.3 is 15.7 Å². The SMILES string of the molecule is Cc1ccc(CC(C)NC(=O)N[C@@H](C)CO)s1. The Morgan fingerprint density at radius 3 is 2.53 bits per heavy atom. The van der Waals surface area contributed by atoms with Gasteiger partial charge in [-0.1, -0.05) is 0 Å². The molecule has 2 atom stereocenters. The zero-order chi connectivity index (χ0) is 12.8. The summed E-state index contributed by atoms with van der Waals surface area (Å²) in [6, 6.07) is 3.81. The number of nitrogens with one attached hydrogen (secondary N) is 2. The predicted octanol–water partition coefficient (Wildman–Crippen LogP) is 1.67. The molecule has 0 fully saturated rings. The van der Waals surface area contributed by atoms with Gasteiger partial charge in [-0.2, -0.15) is 0 Å². The summed E-state index contributed by atoms with van der Waals surface area (Å²) in [6.45, 7) is 5.75. The van der Waals surface area contributed by atoms with E-state index >= 15 is 0 Å². The van der Waals surface area contributed by atoms with E-state index in [1.807, 2.05) is 6.92 Å². The number of hydrogen-bond acceptors (Lipinski definition) is 3. The lowest BCUT2D eigenvalue weighted by atomic mass is 10.2. The Bertz CT molecular complexity index is 365. The Kier molecular flexibility index (Phi) is 5.44. The van der Waals surface area contributed by atoms with Crippen molar-refractivity contribution in [2.45, 2.75) is 39.3 Å². The van der Waals surface area contributed by atoms with Gasteiger partial charge in [0.25, 0.3) is 0 Å². The highest BCUT2D eigenvalue weighted by Crippen LogP contribution is 2.16. The number of aliphatic hydroxyl groups excluding tert-OH is 1. The molecule has 0 saturated heterocycles. The minimum absolute atomic E-state index is 0.0497. The fourth-order valence-electron chi connectivity index (χ4n) is 1.48. The molecule has 0 aliphatic carbocycles. The van der Waals surface area contributed by atoms with Crippen LogP contribution in [-0.2, 0) is 6.42 Å². The van der Waals surface area contributed by atoms with Gasteiger partial charge >= 0.3 is 6.03 Å². The van der Waals surface area contributed by atoms with Crippen LogP contribution in [0.5, 0.6) is 0 Å². The second-order valence-corrected chi connectivity index (χ2v) is 5.69. The summed E-state index contributed by atoms with van der Waals surface area (Å²) in [5, 5.41) is 14.3. The molecule has 1 unspecified atom stereocenters. The van der Waals surface area contributed by atoms with Crippen molar-refractivity contribution in [3.8, 4) is 0 Å². The first kappa shape index (κ1) is 14.0. The third-order valence-corrected chi connectivity index (χ3v) is 3.36. The fourth-order valence-corrected chi connectivity index (χ4v) is 2.50. The van der Waals surface area contributed by atoms with Crippen molar-refractivity contribution in [3.05, 3.63) is 21.9 Å². The first-order valence-electron chi connectivity index (χ1n) is 5.74. The van der Waals surface area contributed by atoms with Crippen molar-refractivity contribution < 1.29 is 9.90 Å². The number of amides is 2. The Labute approximate surface area is 106 Å². The van der Waals surface area contributed by atoms with Crippen LogP contribution in [0.2, 0.25) is 0 Å². The minimum Gasteiger partial charge on any atom is -0.394 e. The molecule has 0 aromatic carbocycles. The summed E-state index contributed by atoms with van der Waals surface area (Å²) in [4.78, 5) is 14.0. The highest BCUT2D eigenvalue weighted by Gasteiger charge is 2.10. The van der Waals surface area contributed by atoms with Crippen molar-refractivity contribution in [2.24, 2.45) is 0 Å². The highest BCUT2D eigenvalue weighted by molar-refractivity contribution is 7.11. The average Bonchev–Trinajstić information content (AvgIpc) is 2.63. The summed E-state index contributed by atoms with van der Waals surface area (Å²) in [5.41, 5.74) is 0. The fraction of sp³-hybridized carbons (Fsp3) is 0.583. The van der Waals surface area contributed by atoms with Crippen molar-refractivity contribution in [2.75, 3.05) is 6.61 Å². The first-order valence-corrected chi connectivity index (χ1v) is 6.56. The monoisotopic (exact) mass is 256 g/mol. The van der Waals surface area contributed by atoms with Crippen LogP contribution in [-0.4, -0.2) is 29.8 Å². The Balaban J connectivity index is 2.34. The molecule has 96 valence electrons. The predicted molar refractivity (Wildman–Crippen MR) is 70.4 cm³/mol. The summed E-state index contributed by atoms with van der Waals surface area (Å²) in [5.74, 6) is 0. The summed E-state index contributed by atoms with van der Waals surface area (Å²) in [7, 11) is 0. The maximum Gasteiger partial charge on any atom is 0.315 e. The van der Waals surface area contributed by atoms with Crippen LogP contribution in [0.25, 0.3) is 0 Å². The molecule has 0 radical (unpaired) electrons. The average molecular weight is 256 g/mol. The number of hydrogen-bond donors (Lipinski definition) is 3. The van der Waals surface area contributed by atoms with Gasteiger partial charge in [0, 0.05) is 22.2 Å². The lowest BCUT2D eigenvalue weighted by molar-refractivity contribution is 0.218. The van der Waals surface area contributed by atoms with Gasteiger partial charge in [0.2, 0.25) is 0 Å². The van der Waals surface area contributed by atoms with Crippen molar-refractivity contribution in [1.29, 1.82) is 0 Å². The Hall–Kier alpha value is -1.07. The van der Waals surface area contributed by atoms with Gasteiger partial charge in [-0.3, -0.25) is 0 Å². The van der Waals surface area contributed by atoms with Crippen LogP contribution in [0.3, 0.4) is 0 Å². The number of aliphatic hydroxyl groups is 1. The number of urea groups is 1. The van der Waals surface area contributed by atoms with Gasteiger partial charge in [0.1, 0.15) is 0 Å². The molecule has 17 heavy (non-hydrogen) atoms. The van der Waals surface area contributed by atoms with E-state index in [-0.39, 0.29) is 24.7 Å². The zero-order valence-electron chi connectivity index (χ0n) is 10.5. The van der Waals surface area contributed by atoms with Gasteiger partial charge in [-0.25, -0.2) is 4.79 Å². The summed E-state index contributed by atoms with van der Waals surface area (Å²) in [6.07, 6.45) is 0.833. The molecule has 0 spiro atoms. The molecular weight excluding hydrogens is 236 g/mol. The molecule has 3 N–H and O–H groups in total. The second kappa shape index (κ2) is 6.61. The maximum atomic E-state index is 11.5. The molecule has 0 bridgehead atoms. The van der Waals surface area contributed by atoms with E-state index in [0.717, 1.165) is 6.42 Å². The third kappa shape index (κ3) is 5.19. The third-order valence-electron chi connectivity index (χ3n) is 2.33. The van der Waals surface area contributed by atoms with E-state index in [1.165, 1.54) is 9.75 Å². The van der Waals surface area contributed by atoms with Crippen LogP contribution in [0, 0.1) is 6.92 Å². The van der Waals surface area contributed by atoms with E-state index < -0.39 is 0 Å². The molecule has 1 rings (SSSR count). The van der Waals surface area contributed by atoms with E-state index in [1.54, 1.807) is 18.3 Å². The topological polar surface area (TPSA) is 61.4 Å². The van der Waals surface area contributed by atoms with Gasteiger partial charge in [-0.05, 0) is 32.9 Å². The number of carbonyl (C=O) groups is 1. The van der Waals surface area contributed by atoms with Gasteiger partial charge in [-0.15, -0.1) is 11.3 Å². The van der Waals surface area contributed by atoms with E-state index in [9.17, 15) is 4.79 Å². The van der Waals surface area contributed by atoms with Crippen LogP contribution in [0.15, 0.2) is 12.1 Å². The van der Waals surface area contributed by atoms with Crippen molar-refractivity contribution in [3.63, 3.8) is 0 Å². The van der Waals surface area contributed by atoms with Crippen LogP contribution < -0.4 is 10.6 Å². The van der Waals surface area contributed by atoms with Gasteiger partial charge in [0.15, 0.2) is 0 Å². The molecule has 0 saturated carbocycles. The van der Waals surface area contributed by atoms with Crippen molar-refractivity contribution in [1.82, 2.24) is 10.6 Å². The number of thiophene rings is 1. The van der Waals surface area contributed by atoms with Crippen molar-refractivity contribution >= 4 is 17.4 Å². The second-order valence-electron chi connectivity index (χ2n) is 4.32. The van der Waals surface area contributed by atoms with E-state index in [4.69, 9.17) is 5.11 Å². The highest BCUT2D eigenvalue weighted by atomic mass is 32.1. The minimum atomic E-state index is -0.229. The maximum absolute atomic E-state index is 11.5. The molecule has 4 nitrogen and oxygen atoms in total. The standard InChI is InChI=1S/C12H20N2O2S/c1-8(6-11-5-4-10(3)17-11)13-12(16)14-9(2)7-15/h4-5,8-9,15H,6-7H2,1-3H3,(H2,13,14,16)/t8?,9-/m0/s1. The molecule has 1 heterocycles. The molecule has 2 amide bonds. The first-order chi connectivity index (χ1) is 8.01. The lowest BCUT2D eigenvalue weighted by Gasteiger charge is -2.16. The normalized spacial score (nSPS) is 14.1. The molecule has 1 aromatic rings. The Morgan fingerprint density at radius 2 is 2.00 bits per heavy atom. The number of rotatable bonds is 5. The van der Waals surface area contributed by atoms with Crippen LogP contribution in [0.4, 0.5) is 4.79 Å².